The van der Waals surface area contributed by atoms with Crippen LogP contribution in [0.5, 0.6) is 0 Å². The van der Waals surface area contributed by atoms with Crippen LogP contribution in [0.1, 0.15) is 24.4 Å². The Hall–Kier alpha value is -1.15. The number of nitriles is 1. The van der Waals surface area contributed by atoms with Crippen molar-refractivity contribution in [2.45, 2.75) is 25.0 Å². The van der Waals surface area contributed by atoms with E-state index in [0.717, 1.165) is 19.4 Å². The zero-order chi connectivity index (χ0) is 13.0. The van der Waals surface area contributed by atoms with Crippen LogP contribution in [0.2, 0.25) is 5.02 Å². The monoisotopic (exact) mass is 268 g/mol. The lowest BCUT2D eigenvalue weighted by atomic mass is 10.1. The molecule has 1 N–H and O–H groups in total. The number of benzene rings is 1. The van der Waals surface area contributed by atoms with E-state index in [2.05, 4.69) is 11.4 Å². The maximum Gasteiger partial charge on any atom is 0.130 e. The fraction of sp³-hybridized carbons (Fsp3) is 0.462. The first kappa shape index (κ1) is 13.3. The van der Waals surface area contributed by atoms with Crippen molar-refractivity contribution in [3.05, 3.63) is 34.6 Å². The molecule has 2 unspecified atom stereocenters. The second kappa shape index (κ2) is 6.14. The highest BCUT2D eigenvalue weighted by Crippen LogP contribution is 2.21. The highest BCUT2D eigenvalue weighted by molar-refractivity contribution is 6.30. The molecule has 3 nitrogen and oxygen atoms in total. The van der Waals surface area contributed by atoms with Gasteiger partial charge in [0.25, 0.3) is 0 Å². The molecule has 1 heterocycles. The molecule has 1 aromatic carbocycles. The molecular weight excluding hydrogens is 255 g/mol. The Morgan fingerprint density at radius 1 is 1.61 bits per heavy atom. The maximum absolute atomic E-state index is 13.7. The molecule has 0 spiro atoms. The molecule has 18 heavy (non-hydrogen) atoms. The minimum Gasteiger partial charge on any atom is -0.377 e. The summed E-state index contributed by atoms with van der Waals surface area (Å²) in [6, 6.07) is 5.71. The van der Waals surface area contributed by atoms with Crippen molar-refractivity contribution >= 4 is 11.6 Å². The van der Waals surface area contributed by atoms with Crippen LogP contribution in [-0.2, 0) is 4.74 Å². The smallest absolute Gasteiger partial charge is 0.130 e. The van der Waals surface area contributed by atoms with E-state index in [9.17, 15) is 4.39 Å². The summed E-state index contributed by atoms with van der Waals surface area (Å²) in [7, 11) is 0. The molecule has 2 atom stereocenters. The first-order valence-electron chi connectivity index (χ1n) is 5.90. The van der Waals surface area contributed by atoms with Crippen molar-refractivity contribution in [2.75, 3.05) is 13.2 Å². The number of nitrogens with zero attached hydrogens (tertiary/aromatic N) is 1. The van der Waals surface area contributed by atoms with Crippen LogP contribution in [0, 0.1) is 17.1 Å². The van der Waals surface area contributed by atoms with Crippen molar-refractivity contribution in [1.82, 2.24) is 5.32 Å². The van der Waals surface area contributed by atoms with E-state index in [1.165, 1.54) is 12.1 Å². The van der Waals surface area contributed by atoms with Gasteiger partial charge in [-0.05, 0) is 25.0 Å². The molecule has 1 saturated heterocycles. The zero-order valence-electron chi connectivity index (χ0n) is 9.83. The summed E-state index contributed by atoms with van der Waals surface area (Å²) in [5, 5.41) is 12.4. The molecule has 1 aromatic rings. The van der Waals surface area contributed by atoms with Crippen LogP contribution in [0.4, 0.5) is 4.39 Å². The number of rotatable bonds is 4. The molecule has 5 heteroatoms. The quantitative estimate of drug-likeness (QED) is 0.913. The summed E-state index contributed by atoms with van der Waals surface area (Å²) in [6.45, 7) is 1.32. The minimum atomic E-state index is -0.675. The second-order valence-corrected chi connectivity index (χ2v) is 4.71. The third-order valence-corrected chi connectivity index (χ3v) is 3.21. The van der Waals surface area contributed by atoms with Gasteiger partial charge in [-0.2, -0.15) is 5.26 Å². The molecule has 1 aliphatic heterocycles. The van der Waals surface area contributed by atoms with Crippen LogP contribution in [0.15, 0.2) is 18.2 Å². The summed E-state index contributed by atoms with van der Waals surface area (Å²) in [4.78, 5) is 0. The Morgan fingerprint density at radius 3 is 3.06 bits per heavy atom. The molecular formula is C13H14ClFN2O. The Labute approximate surface area is 111 Å². The fourth-order valence-corrected chi connectivity index (χ4v) is 2.17. The van der Waals surface area contributed by atoms with Crippen molar-refractivity contribution in [3.8, 4) is 6.07 Å². The third kappa shape index (κ3) is 3.20. The minimum absolute atomic E-state index is 0.121. The fourth-order valence-electron chi connectivity index (χ4n) is 2.02. The Bertz CT molecular complexity index is 455. The summed E-state index contributed by atoms with van der Waals surface area (Å²) in [6.07, 6.45) is 2.14. The standard InChI is InChI=1S/C13H14ClFN2O/c14-9-3-4-11(12(15)6-9)13(7-16)17-8-10-2-1-5-18-10/h3-4,6,10,13,17H,1-2,5,8H2. The molecule has 96 valence electrons. The average Bonchev–Trinajstić information content (AvgIpc) is 2.85. The van der Waals surface area contributed by atoms with Crippen molar-refractivity contribution in [1.29, 1.82) is 5.26 Å². The second-order valence-electron chi connectivity index (χ2n) is 4.27. The topological polar surface area (TPSA) is 45.0 Å². The van der Waals surface area contributed by atoms with Gasteiger partial charge >= 0.3 is 0 Å². The lowest BCUT2D eigenvalue weighted by Crippen LogP contribution is -2.29. The van der Waals surface area contributed by atoms with Gasteiger partial charge in [0.2, 0.25) is 0 Å². The molecule has 1 aliphatic rings. The first-order valence-corrected chi connectivity index (χ1v) is 6.28. The molecule has 2 rings (SSSR count). The van der Waals surface area contributed by atoms with E-state index in [4.69, 9.17) is 21.6 Å². The van der Waals surface area contributed by atoms with Gasteiger partial charge in [-0.3, -0.25) is 5.32 Å². The van der Waals surface area contributed by atoms with Gasteiger partial charge in [0.15, 0.2) is 0 Å². The summed E-state index contributed by atoms with van der Waals surface area (Å²) in [5.74, 6) is -0.464. The van der Waals surface area contributed by atoms with Gasteiger partial charge in [0.05, 0.1) is 12.2 Å². The van der Waals surface area contributed by atoms with Crippen LogP contribution < -0.4 is 5.32 Å². The number of hydrogen-bond donors (Lipinski definition) is 1. The number of ether oxygens (including phenoxy) is 1. The summed E-state index contributed by atoms with van der Waals surface area (Å²) in [5.41, 5.74) is 0.319. The highest BCUT2D eigenvalue weighted by Gasteiger charge is 2.19. The Balaban J connectivity index is 2.01. The van der Waals surface area contributed by atoms with Gasteiger partial charge < -0.3 is 4.74 Å². The zero-order valence-corrected chi connectivity index (χ0v) is 10.6. The van der Waals surface area contributed by atoms with E-state index in [0.29, 0.717) is 17.1 Å². The van der Waals surface area contributed by atoms with Crippen LogP contribution in [-0.4, -0.2) is 19.3 Å². The lowest BCUT2D eigenvalue weighted by Gasteiger charge is -2.16. The van der Waals surface area contributed by atoms with E-state index < -0.39 is 11.9 Å². The van der Waals surface area contributed by atoms with Crippen LogP contribution >= 0.6 is 11.6 Å². The normalized spacial score (nSPS) is 20.6. The maximum atomic E-state index is 13.7. The first-order chi connectivity index (χ1) is 8.70. The van der Waals surface area contributed by atoms with E-state index in [1.54, 1.807) is 6.07 Å². The summed E-state index contributed by atoms with van der Waals surface area (Å²) >= 11 is 5.68. The highest BCUT2D eigenvalue weighted by atomic mass is 35.5. The van der Waals surface area contributed by atoms with Gasteiger partial charge in [-0.25, -0.2) is 4.39 Å². The van der Waals surface area contributed by atoms with E-state index in [-0.39, 0.29) is 6.10 Å². The SMILES string of the molecule is N#CC(NCC1CCCO1)c1ccc(Cl)cc1F. The molecule has 0 saturated carbocycles. The van der Waals surface area contributed by atoms with Gasteiger partial charge in [0.1, 0.15) is 11.9 Å². The lowest BCUT2D eigenvalue weighted by molar-refractivity contribution is 0.109. The van der Waals surface area contributed by atoms with Crippen LogP contribution in [0.3, 0.4) is 0 Å². The molecule has 0 bridgehead atoms. The third-order valence-electron chi connectivity index (χ3n) is 2.98. The predicted octanol–water partition coefficient (Wildman–Crippen LogP) is 2.81. The summed E-state index contributed by atoms with van der Waals surface area (Å²) < 4.78 is 19.1. The number of hydrogen-bond acceptors (Lipinski definition) is 3. The van der Waals surface area contributed by atoms with Gasteiger partial charge in [-0.1, -0.05) is 17.7 Å². The average molecular weight is 269 g/mol. The van der Waals surface area contributed by atoms with Gasteiger partial charge in [-0.15, -0.1) is 0 Å². The molecule has 0 amide bonds. The Kier molecular flexibility index (Phi) is 4.54. The van der Waals surface area contributed by atoms with E-state index in [1.807, 2.05) is 0 Å². The van der Waals surface area contributed by atoms with Crippen LogP contribution in [0.25, 0.3) is 0 Å². The number of nitrogens with one attached hydrogen (secondary N) is 1. The molecule has 0 aliphatic carbocycles. The molecule has 1 fully saturated rings. The largest absolute Gasteiger partial charge is 0.377 e. The molecule has 0 aromatic heterocycles. The predicted molar refractivity (Wildman–Crippen MR) is 66.7 cm³/mol. The van der Waals surface area contributed by atoms with Crippen molar-refractivity contribution < 1.29 is 9.13 Å². The van der Waals surface area contributed by atoms with Crippen molar-refractivity contribution in [2.24, 2.45) is 0 Å². The number of halogens is 2. The Morgan fingerprint density at radius 2 is 2.44 bits per heavy atom. The van der Waals surface area contributed by atoms with E-state index >= 15 is 0 Å². The van der Waals surface area contributed by atoms with Gasteiger partial charge in [0, 0.05) is 23.7 Å². The van der Waals surface area contributed by atoms with Crippen molar-refractivity contribution in [3.63, 3.8) is 0 Å². The molecule has 0 radical (unpaired) electrons.